The van der Waals surface area contributed by atoms with Crippen LogP contribution in [-0.2, 0) is 19.1 Å². The summed E-state index contributed by atoms with van der Waals surface area (Å²) >= 11 is 0. The SMILES string of the molecule is CC(C)(C)OC(=O)N1CCC(O[C@H]2C[C@H](N3CCC(c4cccc5c4C(=O)N(C4CCC(=O)NC4=O)C5=O)CC3)C2)CC1. The van der Waals surface area contributed by atoms with E-state index in [0.29, 0.717) is 30.3 Å². The molecule has 4 aliphatic heterocycles. The van der Waals surface area contributed by atoms with Crippen molar-refractivity contribution in [3.63, 3.8) is 0 Å². The van der Waals surface area contributed by atoms with Gasteiger partial charge in [0.05, 0.1) is 23.3 Å². The van der Waals surface area contributed by atoms with Gasteiger partial charge in [-0.15, -0.1) is 0 Å². The number of nitrogens with one attached hydrogen (secondary N) is 1. The molecule has 6 rings (SSSR count). The summed E-state index contributed by atoms with van der Waals surface area (Å²) in [5, 5.41) is 2.26. The molecule has 11 nitrogen and oxygen atoms in total. The van der Waals surface area contributed by atoms with Crippen molar-refractivity contribution in [1.82, 2.24) is 20.0 Å². The van der Waals surface area contributed by atoms with Gasteiger partial charge >= 0.3 is 6.09 Å². The highest BCUT2D eigenvalue weighted by Gasteiger charge is 2.46. The second-order valence-corrected chi connectivity index (χ2v) is 13.6. The number of ether oxygens (including phenoxy) is 2. The lowest BCUT2D eigenvalue weighted by atomic mass is 9.82. The van der Waals surface area contributed by atoms with E-state index in [-0.39, 0.29) is 43.0 Å². The van der Waals surface area contributed by atoms with Gasteiger partial charge in [-0.25, -0.2) is 4.79 Å². The summed E-state index contributed by atoms with van der Waals surface area (Å²) in [6.07, 6.45) is 5.89. The molecule has 1 aromatic carbocycles. The molecule has 0 bridgehead atoms. The van der Waals surface area contributed by atoms with Crippen molar-refractivity contribution in [2.75, 3.05) is 26.2 Å². The van der Waals surface area contributed by atoms with Gasteiger partial charge in [0.2, 0.25) is 11.8 Å². The molecule has 3 saturated heterocycles. The van der Waals surface area contributed by atoms with Gasteiger partial charge in [0.15, 0.2) is 0 Å². The highest BCUT2D eigenvalue weighted by atomic mass is 16.6. The molecule has 1 aromatic rings. The Hall–Kier alpha value is -3.31. The first kappa shape index (κ1) is 29.7. The standard InChI is InChI=1S/C32H42N4O7/c1-32(2,3)43-31(41)35-15-11-21(12-16-35)42-22-17-20(18-22)34-13-9-19(10-14-34)23-5-4-6-24-27(23)30(40)36(29(24)39)25-7-8-26(37)33-28(25)38/h4-6,19-22,25H,7-18H2,1-3H3,(H,33,37,38)/t20-,22-,25?. The molecular formula is C32H42N4O7. The van der Waals surface area contributed by atoms with E-state index in [1.54, 1.807) is 11.0 Å². The number of nitrogens with zero attached hydrogens (tertiary/aromatic N) is 3. The Bertz CT molecular complexity index is 1300. The third-order valence-electron chi connectivity index (χ3n) is 9.53. The maximum Gasteiger partial charge on any atom is 0.410 e. The predicted molar refractivity (Wildman–Crippen MR) is 155 cm³/mol. The Morgan fingerprint density at radius 2 is 1.58 bits per heavy atom. The van der Waals surface area contributed by atoms with Crippen LogP contribution in [0.3, 0.4) is 0 Å². The molecule has 5 aliphatic rings. The summed E-state index contributed by atoms with van der Waals surface area (Å²) < 4.78 is 11.9. The molecule has 11 heteroatoms. The Kier molecular flexibility index (Phi) is 8.06. The molecule has 0 radical (unpaired) electrons. The fraction of sp³-hybridized carbons (Fsp3) is 0.656. The van der Waals surface area contributed by atoms with Crippen LogP contribution in [0.25, 0.3) is 0 Å². The van der Waals surface area contributed by atoms with Crippen LogP contribution in [0.2, 0.25) is 0 Å². The van der Waals surface area contributed by atoms with E-state index in [9.17, 15) is 24.0 Å². The monoisotopic (exact) mass is 594 g/mol. The molecule has 0 aromatic heterocycles. The number of carbonyl (C=O) groups is 5. The number of imide groups is 2. The summed E-state index contributed by atoms with van der Waals surface area (Å²) in [5.41, 5.74) is 1.17. The number of piperidine rings is 3. The zero-order chi connectivity index (χ0) is 30.5. The van der Waals surface area contributed by atoms with Gasteiger partial charge in [-0.05, 0) is 96.4 Å². The van der Waals surface area contributed by atoms with Crippen molar-refractivity contribution in [2.24, 2.45) is 0 Å². The zero-order valence-corrected chi connectivity index (χ0v) is 25.3. The molecule has 1 unspecified atom stereocenters. The van der Waals surface area contributed by atoms with Crippen molar-refractivity contribution in [2.45, 2.75) is 108 Å². The van der Waals surface area contributed by atoms with Gasteiger partial charge in [-0.2, -0.15) is 0 Å². The first-order valence-corrected chi connectivity index (χ1v) is 15.7. The summed E-state index contributed by atoms with van der Waals surface area (Å²) in [6, 6.07) is 4.97. The van der Waals surface area contributed by atoms with E-state index in [1.807, 2.05) is 32.9 Å². The number of hydrogen-bond acceptors (Lipinski definition) is 8. The lowest BCUT2D eigenvalue weighted by Gasteiger charge is -2.47. The average molecular weight is 595 g/mol. The molecule has 1 aliphatic carbocycles. The third kappa shape index (κ3) is 6.06. The smallest absolute Gasteiger partial charge is 0.410 e. The molecule has 1 atom stereocenters. The largest absolute Gasteiger partial charge is 0.444 e. The predicted octanol–water partition coefficient (Wildman–Crippen LogP) is 3.21. The number of carbonyl (C=O) groups excluding carboxylic acids is 5. The van der Waals surface area contributed by atoms with E-state index >= 15 is 0 Å². The number of hydrogen-bond donors (Lipinski definition) is 1. The van der Waals surface area contributed by atoms with E-state index < -0.39 is 29.4 Å². The average Bonchev–Trinajstić information content (AvgIpc) is 3.20. The fourth-order valence-corrected chi connectivity index (χ4v) is 7.18. The van der Waals surface area contributed by atoms with Gasteiger partial charge in [-0.1, -0.05) is 12.1 Å². The van der Waals surface area contributed by atoms with E-state index in [4.69, 9.17) is 9.47 Å². The summed E-state index contributed by atoms with van der Waals surface area (Å²) in [7, 11) is 0. The fourth-order valence-electron chi connectivity index (χ4n) is 7.18. The molecule has 4 fully saturated rings. The van der Waals surface area contributed by atoms with Crippen molar-refractivity contribution < 1.29 is 33.4 Å². The van der Waals surface area contributed by atoms with Crippen LogP contribution in [-0.4, -0.2) is 100 Å². The van der Waals surface area contributed by atoms with Crippen molar-refractivity contribution in [3.8, 4) is 0 Å². The van der Waals surface area contributed by atoms with Crippen molar-refractivity contribution in [1.29, 1.82) is 0 Å². The maximum atomic E-state index is 13.5. The number of benzene rings is 1. The van der Waals surface area contributed by atoms with Gasteiger partial charge in [-0.3, -0.25) is 29.4 Å². The Morgan fingerprint density at radius 1 is 0.884 bits per heavy atom. The Balaban J connectivity index is 0.980. The number of likely N-dealkylation sites (tertiary alicyclic amines) is 2. The molecule has 43 heavy (non-hydrogen) atoms. The Morgan fingerprint density at radius 3 is 2.23 bits per heavy atom. The van der Waals surface area contributed by atoms with Crippen LogP contribution < -0.4 is 5.32 Å². The number of amides is 5. The first-order valence-electron chi connectivity index (χ1n) is 15.7. The molecular weight excluding hydrogens is 552 g/mol. The summed E-state index contributed by atoms with van der Waals surface area (Å²) in [6.45, 7) is 8.79. The minimum atomic E-state index is -0.953. The van der Waals surface area contributed by atoms with Crippen LogP contribution >= 0.6 is 0 Å². The second-order valence-electron chi connectivity index (χ2n) is 13.6. The molecule has 1 N–H and O–H groups in total. The Labute approximate surface area is 252 Å². The first-order chi connectivity index (χ1) is 20.5. The van der Waals surface area contributed by atoms with Crippen LogP contribution in [0.5, 0.6) is 0 Å². The van der Waals surface area contributed by atoms with Gasteiger partial charge in [0, 0.05) is 25.6 Å². The van der Waals surface area contributed by atoms with Crippen molar-refractivity contribution >= 4 is 29.7 Å². The summed E-state index contributed by atoms with van der Waals surface area (Å²) in [5.74, 6) is -1.69. The lowest BCUT2D eigenvalue weighted by Crippen LogP contribution is -2.54. The minimum Gasteiger partial charge on any atom is -0.444 e. The second kappa shape index (κ2) is 11.6. The van der Waals surface area contributed by atoms with Gasteiger partial charge in [0.25, 0.3) is 11.8 Å². The van der Waals surface area contributed by atoms with Gasteiger partial charge in [0.1, 0.15) is 11.6 Å². The van der Waals surface area contributed by atoms with E-state index in [2.05, 4.69) is 10.2 Å². The van der Waals surface area contributed by atoms with Gasteiger partial charge < -0.3 is 19.3 Å². The maximum absolute atomic E-state index is 13.5. The highest BCUT2D eigenvalue weighted by molar-refractivity contribution is 6.24. The van der Waals surface area contributed by atoms with Crippen LogP contribution in [0.4, 0.5) is 4.79 Å². The van der Waals surface area contributed by atoms with Crippen LogP contribution in [0, 0.1) is 0 Å². The van der Waals surface area contributed by atoms with Crippen LogP contribution in [0.1, 0.15) is 104 Å². The lowest BCUT2D eigenvalue weighted by molar-refractivity contribution is -0.136. The molecule has 232 valence electrons. The van der Waals surface area contributed by atoms with Crippen LogP contribution in [0.15, 0.2) is 18.2 Å². The summed E-state index contributed by atoms with van der Waals surface area (Å²) in [4.78, 5) is 68.5. The van der Waals surface area contributed by atoms with E-state index in [0.717, 1.165) is 62.1 Å². The quantitative estimate of drug-likeness (QED) is 0.516. The third-order valence-corrected chi connectivity index (χ3v) is 9.53. The van der Waals surface area contributed by atoms with Crippen molar-refractivity contribution in [3.05, 3.63) is 34.9 Å². The zero-order valence-electron chi connectivity index (χ0n) is 25.3. The highest BCUT2D eigenvalue weighted by Crippen LogP contribution is 2.39. The molecule has 5 amide bonds. The minimum absolute atomic E-state index is 0.107. The molecule has 4 heterocycles. The number of rotatable bonds is 5. The normalized spacial score (nSPS) is 27.7. The number of fused-ring (bicyclic) bond motifs is 1. The molecule has 0 spiro atoms. The molecule has 1 saturated carbocycles. The topological polar surface area (TPSA) is 126 Å². The van der Waals surface area contributed by atoms with E-state index in [1.165, 1.54) is 0 Å².